The molecular formula is C16H18N4O3S. The first-order valence-electron chi connectivity index (χ1n) is 7.79. The summed E-state index contributed by atoms with van der Waals surface area (Å²) in [7, 11) is 0. The number of carbonyl (C=O) groups is 2. The monoisotopic (exact) mass is 346 g/mol. The van der Waals surface area contributed by atoms with E-state index in [4.69, 9.17) is 5.11 Å². The highest BCUT2D eigenvalue weighted by molar-refractivity contribution is 7.03. The minimum absolute atomic E-state index is 0.0287. The van der Waals surface area contributed by atoms with Gasteiger partial charge in [0, 0.05) is 22.7 Å². The second-order valence-corrected chi connectivity index (χ2v) is 6.46. The van der Waals surface area contributed by atoms with E-state index in [1.807, 2.05) is 29.6 Å². The molecule has 3 rings (SSSR count). The molecule has 0 atom stereocenters. The van der Waals surface area contributed by atoms with Crippen LogP contribution in [-0.2, 0) is 4.79 Å². The summed E-state index contributed by atoms with van der Waals surface area (Å²) in [5.41, 5.74) is 2.45. The molecule has 1 aromatic carbocycles. The van der Waals surface area contributed by atoms with Crippen molar-refractivity contribution in [2.75, 3.05) is 5.32 Å². The van der Waals surface area contributed by atoms with Crippen LogP contribution in [0.2, 0.25) is 0 Å². The number of aromatic nitrogens is 2. The van der Waals surface area contributed by atoms with E-state index in [1.54, 1.807) is 0 Å². The van der Waals surface area contributed by atoms with E-state index in [0.29, 0.717) is 31.4 Å². The van der Waals surface area contributed by atoms with Gasteiger partial charge in [-0.2, -0.15) is 0 Å². The smallest absolute Gasteiger partial charge is 0.319 e. The lowest BCUT2D eigenvalue weighted by atomic mass is 9.86. The molecule has 0 unspecified atom stereocenters. The summed E-state index contributed by atoms with van der Waals surface area (Å²) in [6.45, 7) is 0. The average Bonchev–Trinajstić information content (AvgIpc) is 3.10. The fourth-order valence-corrected chi connectivity index (χ4v) is 3.32. The molecule has 8 heteroatoms. The largest absolute Gasteiger partial charge is 0.481 e. The van der Waals surface area contributed by atoms with Crippen LogP contribution < -0.4 is 10.6 Å². The number of anilines is 1. The van der Waals surface area contributed by atoms with Crippen LogP contribution in [0.3, 0.4) is 0 Å². The van der Waals surface area contributed by atoms with Crippen LogP contribution in [0.4, 0.5) is 10.5 Å². The highest BCUT2D eigenvalue weighted by atomic mass is 32.1. The van der Waals surface area contributed by atoms with Crippen molar-refractivity contribution in [3.05, 3.63) is 29.6 Å². The summed E-state index contributed by atoms with van der Waals surface area (Å²) in [4.78, 5) is 23.0. The number of aliphatic carboxylic acids is 1. The third-order valence-electron chi connectivity index (χ3n) is 4.21. The number of carboxylic acid groups (broad SMARTS) is 1. The lowest BCUT2D eigenvalue weighted by Gasteiger charge is -2.26. The number of hydrogen-bond acceptors (Lipinski definition) is 5. The quantitative estimate of drug-likeness (QED) is 0.789. The molecule has 1 aromatic heterocycles. The molecule has 126 valence electrons. The van der Waals surface area contributed by atoms with Crippen molar-refractivity contribution >= 4 is 29.2 Å². The van der Waals surface area contributed by atoms with E-state index < -0.39 is 5.97 Å². The van der Waals surface area contributed by atoms with Crippen LogP contribution in [0.5, 0.6) is 0 Å². The molecule has 1 aliphatic rings. The normalized spacial score (nSPS) is 20.3. The molecule has 3 N–H and O–H groups in total. The van der Waals surface area contributed by atoms with Crippen molar-refractivity contribution in [2.45, 2.75) is 31.7 Å². The minimum Gasteiger partial charge on any atom is -0.481 e. The van der Waals surface area contributed by atoms with E-state index >= 15 is 0 Å². The molecule has 2 amide bonds. The zero-order valence-corrected chi connectivity index (χ0v) is 13.8. The number of carboxylic acids is 1. The van der Waals surface area contributed by atoms with Crippen molar-refractivity contribution in [2.24, 2.45) is 5.92 Å². The Labute approximate surface area is 143 Å². The minimum atomic E-state index is -0.742. The van der Waals surface area contributed by atoms with E-state index in [9.17, 15) is 9.59 Å². The fourth-order valence-electron chi connectivity index (χ4n) is 2.85. The van der Waals surface area contributed by atoms with Gasteiger partial charge in [0.05, 0.1) is 5.92 Å². The standard InChI is InChI=1S/C16H18N4O3S/c21-15(22)11-3-7-13(8-4-11)18-16(23)17-12-5-1-10(2-6-12)14-9-24-20-19-14/h1-2,5-6,9,11,13H,3-4,7-8H2,(H,21,22)(H2,17,18,23). The molecule has 1 fully saturated rings. The first-order chi connectivity index (χ1) is 11.6. The van der Waals surface area contributed by atoms with Gasteiger partial charge >= 0.3 is 12.0 Å². The van der Waals surface area contributed by atoms with Crippen LogP contribution in [0, 0.1) is 5.92 Å². The Morgan fingerprint density at radius 2 is 1.83 bits per heavy atom. The second-order valence-electron chi connectivity index (χ2n) is 5.85. The third kappa shape index (κ3) is 4.08. The number of nitrogens with zero attached hydrogens (tertiary/aromatic N) is 2. The molecule has 2 aromatic rings. The number of rotatable bonds is 4. The predicted molar refractivity (Wildman–Crippen MR) is 90.9 cm³/mol. The Bertz CT molecular complexity index is 695. The van der Waals surface area contributed by atoms with Gasteiger partial charge in [0.1, 0.15) is 5.69 Å². The zero-order chi connectivity index (χ0) is 16.9. The van der Waals surface area contributed by atoms with E-state index in [-0.39, 0.29) is 18.0 Å². The van der Waals surface area contributed by atoms with Gasteiger partial charge in [-0.05, 0) is 49.3 Å². The molecule has 7 nitrogen and oxygen atoms in total. The first-order valence-corrected chi connectivity index (χ1v) is 8.63. The van der Waals surface area contributed by atoms with Crippen LogP contribution in [0.15, 0.2) is 29.6 Å². The number of hydrogen-bond donors (Lipinski definition) is 3. The molecule has 1 saturated carbocycles. The predicted octanol–water partition coefficient (Wildman–Crippen LogP) is 2.97. The van der Waals surface area contributed by atoms with Crippen molar-refractivity contribution in [1.82, 2.24) is 14.9 Å². The molecule has 24 heavy (non-hydrogen) atoms. The van der Waals surface area contributed by atoms with Crippen molar-refractivity contribution in [3.63, 3.8) is 0 Å². The number of amides is 2. The van der Waals surface area contributed by atoms with E-state index in [2.05, 4.69) is 20.2 Å². The number of benzene rings is 1. The maximum Gasteiger partial charge on any atom is 0.319 e. The molecule has 0 aliphatic heterocycles. The second kappa shape index (κ2) is 7.39. The molecule has 0 saturated heterocycles. The van der Waals surface area contributed by atoms with Crippen LogP contribution >= 0.6 is 11.5 Å². The third-order valence-corrected chi connectivity index (χ3v) is 4.71. The summed E-state index contributed by atoms with van der Waals surface area (Å²) >= 11 is 1.29. The topological polar surface area (TPSA) is 104 Å². The Hall–Kier alpha value is -2.48. The molecule has 1 heterocycles. The molecule has 0 radical (unpaired) electrons. The highest BCUT2D eigenvalue weighted by Crippen LogP contribution is 2.24. The van der Waals surface area contributed by atoms with Gasteiger partial charge in [0.15, 0.2) is 0 Å². The maximum atomic E-state index is 12.1. The van der Waals surface area contributed by atoms with Crippen molar-refractivity contribution in [1.29, 1.82) is 0 Å². The van der Waals surface area contributed by atoms with Crippen LogP contribution in [0.1, 0.15) is 25.7 Å². The van der Waals surface area contributed by atoms with Gasteiger partial charge in [-0.25, -0.2) is 4.79 Å². The van der Waals surface area contributed by atoms with Gasteiger partial charge in [0.2, 0.25) is 0 Å². The average molecular weight is 346 g/mol. The first kappa shape index (κ1) is 16.4. The van der Waals surface area contributed by atoms with Crippen LogP contribution in [-0.4, -0.2) is 32.7 Å². The Kier molecular flexibility index (Phi) is 5.05. The van der Waals surface area contributed by atoms with Gasteiger partial charge < -0.3 is 15.7 Å². The van der Waals surface area contributed by atoms with E-state index in [1.165, 1.54) is 11.5 Å². The Morgan fingerprint density at radius 3 is 2.42 bits per heavy atom. The Morgan fingerprint density at radius 1 is 1.12 bits per heavy atom. The fraction of sp³-hybridized carbons (Fsp3) is 0.375. The SMILES string of the molecule is O=C(Nc1ccc(-c2csnn2)cc1)NC1CCC(C(=O)O)CC1. The summed E-state index contributed by atoms with van der Waals surface area (Å²) in [5, 5.41) is 20.5. The van der Waals surface area contributed by atoms with Gasteiger partial charge in [-0.15, -0.1) is 5.10 Å². The maximum absolute atomic E-state index is 12.1. The summed E-state index contributed by atoms with van der Waals surface area (Å²) in [6, 6.07) is 7.15. The summed E-state index contributed by atoms with van der Waals surface area (Å²) < 4.78 is 3.83. The number of nitrogens with one attached hydrogen (secondary N) is 2. The van der Waals surface area contributed by atoms with Crippen LogP contribution in [0.25, 0.3) is 11.3 Å². The van der Waals surface area contributed by atoms with Crippen molar-refractivity contribution < 1.29 is 14.7 Å². The zero-order valence-electron chi connectivity index (χ0n) is 12.9. The Balaban J connectivity index is 1.49. The van der Waals surface area contributed by atoms with Gasteiger partial charge in [-0.3, -0.25) is 4.79 Å². The lowest BCUT2D eigenvalue weighted by Crippen LogP contribution is -2.40. The van der Waals surface area contributed by atoms with Gasteiger partial charge in [0.25, 0.3) is 0 Å². The molecule has 0 bridgehead atoms. The number of carbonyl (C=O) groups excluding carboxylic acids is 1. The van der Waals surface area contributed by atoms with Crippen molar-refractivity contribution in [3.8, 4) is 11.3 Å². The molecular weight excluding hydrogens is 328 g/mol. The summed E-state index contributed by atoms with van der Waals surface area (Å²) in [6.07, 6.45) is 2.60. The molecule has 0 spiro atoms. The number of urea groups is 1. The molecule has 1 aliphatic carbocycles. The van der Waals surface area contributed by atoms with E-state index in [0.717, 1.165) is 11.3 Å². The summed E-state index contributed by atoms with van der Waals surface area (Å²) in [5.74, 6) is -1.02. The lowest BCUT2D eigenvalue weighted by molar-refractivity contribution is -0.142. The highest BCUT2D eigenvalue weighted by Gasteiger charge is 2.26. The van der Waals surface area contributed by atoms with Gasteiger partial charge in [-0.1, -0.05) is 16.6 Å².